The SMILES string of the molecule is C[C@@H]1CCC[C@H](C)N1c1nc(C(=O)O)ccc1[N+](=O)[O-]. The Labute approximate surface area is 116 Å². The third-order valence-electron chi connectivity index (χ3n) is 3.71. The standard InChI is InChI=1S/C13H17N3O4/c1-8-4-3-5-9(2)15(8)12-11(16(19)20)7-6-10(14-12)13(17)18/h6-9H,3-5H2,1-2H3,(H,17,18)/t8-,9+. The zero-order valence-electron chi connectivity index (χ0n) is 11.4. The Morgan fingerprint density at radius 3 is 2.50 bits per heavy atom. The summed E-state index contributed by atoms with van der Waals surface area (Å²) < 4.78 is 0. The Morgan fingerprint density at radius 1 is 1.40 bits per heavy atom. The molecule has 1 saturated heterocycles. The van der Waals surface area contributed by atoms with Crippen LogP contribution in [0.3, 0.4) is 0 Å². The molecule has 7 heteroatoms. The number of nitro groups is 1. The maximum absolute atomic E-state index is 11.2. The fourth-order valence-corrected chi connectivity index (χ4v) is 2.73. The fourth-order valence-electron chi connectivity index (χ4n) is 2.73. The van der Waals surface area contributed by atoms with Crippen LogP contribution in [0.25, 0.3) is 0 Å². The van der Waals surface area contributed by atoms with Gasteiger partial charge in [0.05, 0.1) is 4.92 Å². The Morgan fingerprint density at radius 2 is 2.00 bits per heavy atom. The lowest BCUT2D eigenvalue weighted by Crippen LogP contribution is -2.44. The van der Waals surface area contributed by atoms with Crippen molar-refractivity contribution in [1.82, 2.24) is 4.98 Å². The zero-order chi connectivity index (χ0) is 14.9. The van der Waals surface area contributed by atoms with Gasteiger partial charge in [-0.1, -0.05) is 0 Å². The minimum atomic E-state index is -1.18. The highest BCUT2D eigenvalue weighted by atomic mass is 16.6. The van der Waals surface area contributed by atoms with Crippen LogP contribution in [0.1, 0.15) is 43.6 Å². The number of aromatic nitrogens is 1. The van der Waals surface area contributed by atoms with Gasteiger partial charge in [-0.15, -0.1) is 0 Å². The molecule has 0 unspecified atom stereocenters. The van der Waals surface area contributed by atoms with E-state index in [1.54, 1.807) is 0 Å². The van der Waals surface area contributed by atoms with Crippen LogP contribution in [0.2, 0.25) is 0 Å². The monoisotopic (exact) mass is 279 g/mol. The van der Waals surface area contributed by atoms with Crippen molar-refractivity contribution in [2.24, 2.45) is 0 Å². The average molecular weight is 279 g/mol. The van der Waals surface area contributed by atoms with Gasteiger partial charge in [0.1, 0.15) is 0 Å². The molecule has 7 nitrogen and oxygen atoms in total. The molecule has 1 aromatic heterocycles. The van der Waals surface area contributed by atoms with Gasteiger partial charge in [-0.2, -0.15) is 0 Å². The minimum Gasteiger partial charge on any atom is -0.477 e. The molecule has 2 heterocycles. The molecule has 1 aliphatic rings. The first-order valence-electron chi connectivity index (χ1n) is 6.59. The van der Waals surface area contributed by atoms with Gasteiger partial charge >= 0.3 is 11.7 Å². The molecule has 1 aliphatic heterocycles. The number of carboxylic acids is 1. The van der Waals surface area contributed by atoms with Gasteiger partial charge in [0.15, 0.2) is 5.69 Å². The summed E-state index contributed by atoms with van der Waals surface area (Å²) in [6, 6.07) is 2.60. The Balaban J connectivity index is 2.53. The van der Waals surface area contributed by atoms with Crippen LogP contribution in [0, 0.1) is 10.1 Å². The second-order valence-electron chi connectivity index (χ2n) is 5.14. The van der Waals surface area contributed by atoms with Crippen molar-refractivity contribution in [3.63, 3.8) is 0 Å². The molecule has 2 rings (SSSR count). The predicted molar refractivity (Wildman–Crippen MR) is 73.1 cm³/mol. The number of hydrogen-bond donors (Lipinski definition) is 1. The van der Waals surface area contributed by atoms with E-state index in [0.717, 1.165) is 19.3 Å². The molecule has 0 bridgehead atoms. The first-order valence-corrected chi connectivity index (χ1v) is 6.59. The van der Waals surface area contributed by atoms with Gasteiger partial charge in [0.2, 0.25) is 5.82 Å². The summed E-state index contributed by atoms with van der Waals surface area (Å²) in [5.41, 5.74) is -0.314. The van der Waals surface area contributed by atoms with E-state index in [2.05, 4.69) is 4.98 Å². The molecule has 1 N–H and O–H groups in total. The molecule has 0 aromatic carbocycles. The first kappa shape index (κ1) is 14.2. The normalized spacial score (nSPS) is 22.6. The summed E-state index contributed by atoms with van der Waals surface area (Å²) in [5.74, 6) is -1.02. The van der Waals surface area contributed by atoms with Crippen molar-refractivity contribution in [3.8, 4) is 0 Å². The largest absolute Gasteiger partial charge is 0.477 e. The molecule has 0 spiro atoms. The molecule has 1 fully saturated rings. The summed E-state index contributed by atoms with van der Waals surface area (Å²) >= 11 is 0. The topological polar surface area (TPSA) is 96.6 Å². The van der Waals surface area contributed by atoms with Gasteiger partial charge in [-0.05, 0) is 39.2 Å². The Bertz CT molecular complexity index is 536. The van der Waals surface area contributed by atoms with Gasteiger partial charge in [-0.3, -0.25) is 10.1 Å². The molecule has 20 heavy (non-hydrogen) atoms. The maximum atomic E-state index is 11.2. The lowest BCUT2D eigenvalue weighted by atomic mass is 9.97. The molecular weight excluding hydrogens is 262 g/mol. The summed E-state index contributed by atoms with van der Waals surface area (Å²) in [7, 11) is 0. The second-order valence-corrected chi connectivity index (χ2v) is 5.14. The van der Waals surface area contributed by atoms with Gasteiger partial charge in [-0.25, -0.2) is 9.78 Å². The van der Waals surface area contributed by atoms with E-state index in [4.69, 9.17) is 5.11 Å². The van der Waals surface area contributed by atoms with Gasteiger partial charge in [0.25, 0.3) is 0 Å². The first-order chi connectivity index (χ1) is 9.41. The highest BCUT2D eigenvalue weighted by Gasteiger charge is 2.32. The zero-order valence-corrected chi connectivity index (χ0v) is 11.4. The van der Waals surface area contributed by atoms with Crippen molar-refractivity contribution in [3.05, 3.63) is 27.9 Å². The number of carbonyl (C=O) groups is 1. The number of carboxylic acid groups (broad SMARTS) is 1. The molecule has 0 amide bonds. The molecule has 0 aliphatic carbocycles. The number of anilines is 1. The number of hydrogen-bond acceptors (Lipinski definition) is 5. The number of pyridine rings is 1. The lowest BCUT2D eigenvalue weighted by Gasteiger charge is -2.39. The summed E-state index contributed by atoms with van der Waals surface area (Å²) in [6.07, 6.45) is 2.90. The van der Waals surface area contributed by atoms with Gasteiger partial charge < -0.3 is 10.0 Å². The summed E-state index contributed by atoms with van der Waals surface area (Å²) in [4.78, 5) is 27.5. The predicted octanol–water partition coefficient (Wildman–Crippen LogP) is 2.46. The lowest BCUT2D eigenvalue weighted by molar-refractivity contribution is -0.384. The molecule has 108 valence electrons. The number of rotatable bonds is 3. The van der Waals surface area contributed by atoms with Crippen molar-refractivity contribution in [1.29, 1.82) is 0 Å². The van der Waals surface area contributed by atoms with Crippen LogP contribution in [0.4, 0.5) is 11.5 Å². The van der Waals surface area contributed by atoms with Crippen molar-refractivity contribution < 1.29 is 14.8 Å². The second kappa shape index (κ2) is 5.44. The van der Waals surface area contributed by atoms with Gasteiger partial charge in [0, 0.05) is 18.2 Å². The Kier molecular flexibility index (Phi) is 3.87. The Hall–Kier alpha value is -2.18. The molecular formula is C13H17N3O4. The third-order valence-corrected chi connectivity index (χ3v) is 3.71. The van der Waals surface area contributed by atoms with Crippen LogP contribution in [0.5, 0.6) is 0 Å². The molecule has 1 aromatic rings. The van der Waals surface area contributed by atoms with Crippen LogP contribution in [-0.4, -0.2) is 33.1 Å². The fraction of sp³-hybridized carbons (Fsp3) is 0.538. The molecule has 0 radical (unpaired) electrons. The van der Waals surface area contributed by atoms with E-state index in [1.165, 1.54) is 12.1 Å². The van der Waals surface area contributed by atoms with E-state index in [9.17, 15) is 14.9 Å². The number of aromatic carboxylic acids is 1. The highest BCUT2D eigenvalue weighted by molar-refractivity contribution is 5.86. The number of nitrogens with zero attached hydrogens (tertiary/aromatic N) is 3. The van der Waals surface area contributed by atoms with Crippen LogP contribution in [-0.2, 0) is 0 Å². The molecule has 2 atom stereocenters. The van der Waals surface area contributed by atoms with E-state index < -0.39 is 10.9 Å². The third kappa shape index (κ3) is 2.56. The van der Waals surface area contributed by atoms with E-state index >= 15 is 0 Å². The van der Waals surface area contributed by atoms with Crippen molar-refractivity contribution in [2.45, 2.75) is 45.2 Å². The summed E-state index contributed by atoms with van der Waals surface area (Å²) in [5, 5.41) is 20.2. The minimum absolute atomic E-state index is 0.106. The maximum Gasteiger partial charge on any atom is 0.354 e. The van der Waals surface area contributed by atoms with Crippen molar-refractivity contribution >= 4 is 17.5 Å². The van der Waals surface area contributed by atoms with E-state index in [1.807, 2.05) is 18.7 Å². The molecule has 0 saturated carbocycles. The highest BCUT2D eigenvalue weighted by Crippen LogP contribution is 2.34. The summed E-state index contributed by atoms with van der Waals surface area (Å²) in [6.45, 7) is 3.96. The van der Waals surface area contributed by atoms with E-state index in [-0.39, 0.29) is 29.3 Å². The number of piperidine rings is 1. The van der Waals surface area contributed by atoms with Crippen LogP contribution < -0.4 is 4.90 Å². The van der Waals surface area contributed by atoms with Crippen molar-refractivity contribution in [2.75, 3.05) is 4.90 Å². The average Bonchev–Trinajstić information content (AvgIpc) is 2.38. The quantitative estimate of drug-likeness (QED) is 0.674. The smallest absolute Gasteiger partial charge is 0.354 e. The van der Waals surface area contributed by atoms with E-state index in [0.29, 0.717) is 0 Å². The van der Waals surface area contributed by atoms with Crippen LogP contribution >= 0.6 is 0 Å². The van der Waals surface area contributed by atoms with Crippen LogP contribution in [0.15, 0.2) is 12.1 Å².